The summed E-state index contributed by atoms with van der Waals surface area (Å²) in [6.07, 6.45) is 0. The maximum absolute atomic E-state index is 11.5. The van der Waals surface area contributed by atoms with Crippen LogP contribution in [-0.2, 0) is 13.6 Å². The van der Waals surface area contributed by atoms with E-state index in [1.807, 2.05) is 25.1 Å². The van der Waals surface area contributed by atoms with Gasteiger partial charge in [-0.05, 0) is 24.6 Å². The Kier molecular flexibility index (Phi) is 2.53. The molecule has 0 spiro atoms. The first-order valence-electron chi connectivity index (χ1n) is 5.95. The molecule has 0 atom stereocenters. The Labute approximate surface area is 108 Å². The minimum Gasteiger partial charge on any atom is -0.408 e. The van der Waals surface area contributed by atoms with Crippen molar-refractivity contribution in [2.75, 3.05) is 0 Å². The molecule has 98 valence electrons. The molecule has 0 aliphatic rings. The zero-order valence-electron chi connectivity index (χ0n) is 10.7. The highest BCUT2D eigenvalue weighted by Crippen LogP contribution is 2.26. The molecule has 3 aromatic rings. The van der Waals surface area contributed by atoms with Crippen LogP contribution in [0.1, 0.15) is 11.3 Å². The van der Waals surface area contributed by atoms with E-state index in [9.17, 15) is 4.79 Å². The number of fused-ring (bicyclic) bond motifs is 1. The van der Waals surface area contributed by atoms with Crippen LogP contribution in [0, 0.1) is 6.92 Å². The predicted molar refractivity (Wildman–Crippen MR) is 71.7 cm³/mol. The first-order valence-corrected chi connectivity index (χ1v) is 5.95. The molecular formula is C13H14N4O2. The van der Waals surface area contributed by atoms with E-state index in [2.05, 4.69) is 10.2 Å². The second kappa shape index (κ2) is 4.10. The van der Waals surface area contributed by atoms with Gasteiger partial charge in [0.1, 0.15) is 0 Å². The number of rotatable bonds is 2. The Hall–Kier alpha value is -2.34. The average molecular weight is 258 g/mol. The van der Waals surface area contributed by atoms with E-state index in [1.54, 1.807) is 7.05 Å². The molecule has 2 heterocycles. The zero-order valence-corrected chi connectivity index (χ0v) is 10.7. The summed E-state index contributed by atoms with van der Waals surface area (Å²) < 4.78 is 6.65. The SMILES string of the molecule is Cc1c(-c2ccc3c(c2)oc(=O)n3C)n[nH]c1CN. The number of nitrogens with two attached hydrogens (primary N) is 1. The summed E-state index contributed by atoms with van der Waals surface area (Å²) >= 11 is 0. The van der Waals surface area contributed by atoms with Gasteiger partial charge in [0, 0.05) is 19.2 Å². The Bertz CT molecular complexity index is 810. The monoisotopic (exact) mass is 258 g/mol. The first kappa shape index (κ1) is 11.7. The van der Waals surface area contributed by atoms with Crippen LogP contribution in [-0.4, -0.2) is 14.8 Å². The van der Waals surface area contributed by atoms with Gasteiger partial charge >= 0.3 is 5.76 Å². The number of nitrogens with one attached hydrogen (secondary N) is 1. The van der Waals surface area contributed by atoms with Crippen molar-refractivity contribution in [1.29, 1.82) is 0 Å². The van der Waals surface area contributed by atoms with Crippen LogP contribution < -0.4 is 11.5 Å². The third kappa shape index (κ3) is 1.68. The molecule has 2 aromatic heterocycles. The van der Waals surface area contributed by atoms with Crippen LogP contribution in [0.25, 0.3) is 22.4 Å². The highest BCUT2D eigenvalue weighted by molar-refractivity contribution is 5.80. The molecule has 0 radical (unpaired) electrons. The second-order valence-electron chi connectivity index (χ2n) is 4.49. The van der Waals surface area contributed by atoms with Crippen molar-refractivity contribution in [2.45, 2.75) is 13.5 Å². The summed E-state index contributed by atoms with van der Waals surface area (Å²) in [4.78, 5) is 11.5. The van der Waals surface area contributed by atoms with E-state index in [0.29, 0.717) is 12.1 Å². The van der Waals surface area contributed by atoms with Gasteiger partial charge in [-0.1, -0.05) is 6.07 Å². The normalized spacial score (nSPS) is 11.3. The second-order valence-corrected chi connectivity index (χ2v) is 4.49. The van der Waals surface area contributed by atoms with Crippen molar-refractivity contribution in [3.63, 3.8) is 0 Å². The highest BCUT2D eigenvalue weighted by atomic mass is 16.4. The van der Waals surface area contributed by atoms with E-state index in [0.717, 1.165) is 28.0 Å². The maximum Gasteiger partial charge on any atom is 0.419 e. The van der Waals surface area contributed by atoms with E-state index in [4.69, 9.17) is 10.2 Å². The molecule has 3 N–H and O–H groups in total. The minimum absolute atomic E-state index is 0.367. The standard InChI is InChI=1S/C13H14N4O2/c1-7-9(6-14)15-16-12(7)8-3-4-10-11(5-8)19-13(18)17(10)2/h3-5H,6,14H2,1-2H3,(H,15,16). The Morgan fingerprint density at radius 3 is 2.95 bits per heavy atom. The number of aromatic nitrogens is 3. The van der Waals surface area contributed by atoms with Gasteiger partial charge in [-0.25, -0.2) is 4.79 Å². The number of aryl methyl sites for hydroxylation is 1. The molecule has 19 heavy (non-hydrogen) atoms. The van der Waals surface area contributed by atoms with Crippen molar-refractivity contribution in [3.05, 3.63) is 40.0 Å². The van der Waals surface area contributed by atoms with Gasteiger partial charge in [0.2, 0.25) is 0 Å². The van der Waals surface area contributed by atoms with Crippen LogP contribution in [0.4, 0.5) is 0 Å². The summed E-state index contributed by atoms with van der Waals surface area (Å²) in [6.45, 7) is 2.38. The lowest BCUT2D eigenvalue weighted by Gasteiger charge is -1.99. The van der Waals surface area contributed by atoms with Crippen molar-refractivity contribution >= 4 is 11.1 Å². The van der Waals surface area contributed by atoms with Gasteiger partial charge in [-0.3, -0.25) is 9.67 Å². The van der Waals surface area contributed by atoms with Crippen molar-refractivity contribution in [3.8, 4) is 11.3 Å². The topological polar surface area (TPSA) is 89.8 Å². The molecule has 6 heteroatoms. The third-order valence-corrected chi connectivity index (χ3v) is 3.38. The van der Waals surface area contributed by atoms with Crippen LogP contribution in [0.5, 0.6) is 0 Å². The quantitative estimate of drug-likeness (QED) is 0.724. The lowest BCUT2D eigenvalue weighted by Crippen LogP contribution is -2.08. The number of H-pyrrole nitrogens is 1. The number of hydrogen-bond donors (Lipinski definition) is 2. The van der Waals surface area contributed by atoms with Gasteiger partial charge in [-0.2, -0.15) is 5.10 Å². The molecule has 0 saturated heterocycles. The van der Waals surface area contributed by atoms with Gasteiger partial charge in [0.15, 0.2) is 5.58 Å². The highest BCUT2D eigenvalue weighted by Gasteiger charge is 2.12. The first-order chi connectivity index (χ1) is 9.11. The van der Waals surface area contributed by atoms with E-state index < -0.39 is 0 Å². The fourth-order valence-corrected chi connectivity index (χ4v) is 2.19. The minimum atomic E-state index is -0.367. The van der Waals surface area contributed by atoms with Crippen LogP contribution >= 0.6 is 0 Å². The van der Waals surface area contributed by atoms with Gasteiger partial charge < -0.3 is 10.2 Å². The Balaban J connectivity index is 2.20. The van der Waals surface area contributed by atoms with Crippen LogP contribution in [0.2, 0.25) is 0 Å². The lowest BCUT2D eigenvalue weighted by atomic mass is 10.1. The Morgan fingerprint density at radius 1 is 1.47 bits per heavy atom. The van der Waals surface area contributed by atoms with Crippen molar-refractivity contribution in [1.82, 2.24) is 14.8 Å². The number of aromatic amines is 1. The van der Waals surface area contributed by atoms with E-state index >= 15 is 0 Å². The lowest BCUT2D eigenvalue weighted by molar-refractivity contribution is 0.528. The molecule has 0 bridgehead atoms. The summed E-state index contributed by atoms with van der Waals surface area (Å²) in [5, 5.41) is 7.18. The number of hydrogen-bond acceptors (Lipinski definition) is 4. The van der Waals surface area contributed by atoms with Gasteiger partial charge in [-0.15, -0.1) is 0 Å². The average Bonchev–Trinajstić information content (AvgIpc) is 2.91. The van der Waals surface area contributed by atoms with E-state index in [1.165, 1.54) is 4.57 Å². The predicted octanol–water partition coefficient (Wildman–Crippen LogP) is 1.29. The van der Waals surface area contributed by atoms with E-state index in [-0.39, 0.29) is 5.76 Å². The maximum atomic E-state index is 11.5. The Morgan fingerprint density at radius 2 is 2.26 bits per heavy atom. The summed E-state index contributed by atoms with van der Waals surface area (Å²) in [5.41, 5.74) is 10.6. The summed E-state index contributed by atoms with van der Waals surface area (Å²) in [6, 6.07) is 5.59. The molecule has 0 saturated carbocycles. The molecule has 0 amide bonds. The molecule has 0 unspecified atom stereocenters. The fraction of sp³-hybridized carbons (Fsp3) is 0.231. The molecule has 3 rings (SSSR count). The fourth-order valence-electron chi connectivity index (χ4n) is 2.19. The zero-order chi connectivity index (χ0) is 13.6. The molecule has 0 aliphatic carbocycles. The van der Waals surface area contributed by atoms with Crippen molar-refractivity contribution in [2.24, 2.45) is 12.8 Å². The number of nitrogens with zero attached hydrogens (tertiary/aromatic N) is 2. The van der Waals surface area contributed by atoms with Gasteiger partial charge in [0.05, 0.1) is 16.9 Å². The van der Waals surface area contributed by atoms with Crippen molar-refractivity contribution < 1.29 is 4.42 Å². The smallest absolute Gasteiger partial charge is 0.408 e. The van der Waals surface area contributed by atoms with Crippen LogP contribution in [0.3, 0.4) is 0 Å². The van der Waals surface area contributed by atoms with Gasteiger partial charge in [0.25, 0.3) is 0 Å². The summed E-state index contributed by atoms with van der Waals surface area (Å²) in [5.74, 6) is -0.367. The molecule has 1 aromatic carbocycles. The number of oxazole rings is 1. The summed E-state index contributed by atoms with van der Waals surface area (Å²) in [7, 11) is 1.68. The van der Waals surface area contributed by atoms with Crippen LogP contribution in [0.15, 0.2) is 27.4 Å². The largest absolute Gasteiger partial charge is 0.419 e. The third-order valence-electron chi connectivity index (χ3n) is 3.38. The molecule has 0 aliphatic heterocycles. The molecule has 6 nitrogen and oxygen atoms in total. The number of benzene rings is 1. The molecule has 0 fully saturated rings. The molecular weight excluding hydrogens is 244 g/mol.